The second-order valence-corrected chi connectivity index (χ2v) is 5.46. The van der Waals surface area contributed by atoms with Crippen molar-refractivity contribution in [3.63, 3.8) is 0 Å². The van der Waals surface area contributed by atoms with Crippen LogP contribution in [-0.2, 0) is 6.54 Å². The van der Waals surface area contributed by atoms with Crippen LogP contribution in [0.25, 0.3) is 0 Å². The van der Waals surface area contributed by atoms with E-state index in [1.165, 1.54) is 16.8 Å². The smallest absolute Gasteiger partial charge is 0.126 e. The molecule has 1 aliphatic rings. The maximum Gasteiger partial charge on any atom is 0.126 e. The highest BCUT2D eigenvalue weighted by Gasteiger charge is 2.29. The van der Waals surface area contributed by atoms with Gasteiger partial charge in [0.25, 0.3) is 0 Å². The predicted molar refractivity (Wildman–Crippen MR) is 89.7 cm³/mol. The largest absolute Gasteiger partial charge is 0.358 e. The Morgan fingerprint density at radius 2 is 1.64 bits per heavy atom. The zero-order chi connectivity index (χ0) is 14.8. The minimum absolute atomic E-state index is 0.139. The fourth-order valence-corrected chi connectivity index (χ4v) is 2.97. The van der Waals surface area contributed by atoms with Crippen LogP contribution in [-0.4, -0.2) is 4.98 Å². The lowest BCUT2D eigenvalue weighted by Gasteiger charge is -2.27. The first kappa shape index (κ1) is 12.9. The molecule has 0 aliphatic carbocycles. The number of nitrogens with zero attached hydrogens (tertiary/aromatic N) is 2. The fourth-order valence-electron chi connectivity index (χ4n) is 2.97. The van der Waals surface area contributed by atoms with Crippen molar-refractivity contribution in [1.82, 2.24) is 4.98 Å². The highest BCUT2D eigenvalue weighted by atomic mass is 15.3. The normalized spacial score (nSPS) is 16.2. The van der Waals surface area contributed by atoms with Gasteiger partial charge in [-0.25, -0.2) is 0 Å². The van der Waals surface area contributed by atoms with E-state index in [0.717, 1.165) is 12.2 Å². The molecule has 0 saturated heterocycles. The van der Waals surface area contributed by atoms with Crippen LogP contribution in [0.4, 0.5) is 11.4 Å². The number of benzene rings is 2. The van der Waals surface area contributed by atoms with Crippen LogP contribution in [0.1, 0.15) is 17.3 Å². The molecule has 0 saturated carbocycles. The summed E-state index contributed by atoms with van der Waals surface area (Å²) < 4.78 is 0. The lowest BCUT2D eigenvalue weighted by Crippen LogP contribution is -2.27. The van der Waals surface area contributed by atoms with Crippen molar-refractivity contribution in [2.24, 2.45) is 0 Å². The molecule has 108 valence electrons. The van der Waals surface area contributed by atoms with Gasteiger partial charge in [0.2, 0.25) is 0 Å². The second-order valence-electron chi connectivity index (χ2n) is 5.46. The molecule has 4 rings (SSSR count). The lowest BCUT2D eigenvalue weighted by molar-refractivity contribution is 0.712. The van der Waals surface area contributed by atoms with Gasteiger partial charge in [0.05, 0.1) is 17.6 Å². The molecule has 1 aliphatic heterocycles. The average molecular weight is 287 g/mol. The van der Waals surface area contributed by atoms with Gasteiger partial charge in [-0.3, -0.25) is 4.98 Å². The Morgan fingerprint density at radius 3 is 2.41 bits per heavy atom. The van der Waals surface area contributed by atoms with E-state index in [4.69, 9.17) is 0 Å². The summed E-state index contributed by atoms with van der Waals surface area (Å²) in [6, 6.07) is 23.2. The summed E-state index contributed by atoms with van der Waals surface area (Å²) in [4.78, 5) is 6.63. The van der Waals surface area contributed by atoms with Gasteiger partial charge in [0.1, 0.15) is 6.17 Å². The Bertz CT molecular complexity index is 756. The van der Waals surface area contributed by atoms with Crippen molar-refractivity contribution < 1.29 is 0 Å². The molecule has 1 aromatic heterocycles. The van der Waals surface area contributed by atoms with Crippen LogP contribution in [0.3, 0.4) is 0 Å². The first-order chi connectivity index (χ1) is 10.9. The minimum atomic E-state index is 0.139. The molecule has 0 fully saturated rings. The van der Waals surface area contributed by atoms with Crippen molar-refractivity contribution in [2.75, 3.05) is 10.2 Å². The molecule has 3 heteroatoms. The molecule has 1 N–H and O–H groups in total. The molecule has 0 spiro atoms. The first-order valence-electron chi connectivity index (χ1n) is 7.48. The molecule has 1 atom stereocenters. The van der Waals surface area contributed by atoms with Crippen LogP contribution >= 0.6 is 0 Å². The van der Waals surface area contributed by atoms with E-state index in [1.54, 1.807) is 0 Å². The van der Waals surface area contributed by atoms with Crippen molar-refractivity contribution in [3.8, 4) is 0 Å². The summed E-state index contributed by atoms with van der Waals surface area (Å²) in [5, 5.41) is 3.58. The standard InChI is InChI=1S/C19H17N3/c1-3-7-15(8-4-1)14-22-18-11-12-20-13-17(18)21-19(22)16-9-5-2-6-10-16/h1-13,19,21H,14H2/t19-/m1/s1. The van der Waals surface area contributed by atoms with Gasteiger partial charge in [-0.15, -0.1) is 0 Å². The summed E-state index contributed by atoms with van der Waals surface area (Å²) in [6.07, 6.45) is 3.89. The number of nitrogens with one attached hydrogen (secondary N) is 1. The predicted octanol–water partition coefficient (Wildman–Crippen LogP) is 4.21. The molecule has 0 bridgehead atoms. The van der Waals surface area contributed by atoms with Gasteiger partial charge in [0, 0.05) is 12.7 Å². The molecule has 0 radical (unpaired) electrons. The van der Waals surface area contributed by atoms with Crippen LogP contribution < -0.4 is 10.2 Å². The lowest BCUT2D eigenvalue weighted by atomic mass is 10.1. The Labute approximate surface area is 130 Å². The van der Waals surface area contributed by atoms with Crippen molar-refractivity contribution in [1.29, 1.82) is 0 Å². The van der Waals surface area contributed by atoms with Crippen LogP contribution in [0, 0.1) is 0 Å². The highest BCUT2D eigenvalue weighted by Crippen LogP contribution is 2.41. The molecule has 0 unspecified atom stereocenters. The molecule has 3 aromatic rings. The number of aromatic nitrogens is 1. The van der Waals surface area contributed by atoms with E-state index < -0.39 is 0 Å². The number of fused-ring (bicyclic) bond motifs is 1. The third kappa shape index (κ3) is 2.31. The summed E-state index contributed by atoms with van der Waals surface area (Å²) >= 11 is 0. The monoisotopic (exact) mass is 287 g/mol. The minimum Gasteiger partial charge on any atom is -0.358 e. The summed E-state index contributed by atoms with van der Waals surface area (Å²) in [5.41, 5.74) is 4.85. The summed E-state index contributed by atoms with van der Waals surface area (Å²) in [6.45, 7) is 0.865. The Balaban J connectivity index is 1.73. The van der Waals surface area contributed by atoms with Crippen molar-refractivity contribution in [2.45, 2.75) is 12.7 Å². The molecule has 3 nitrogen and oxygen atoms in total. The van der Waals surface area contributed by atoms with E-state index in [0.29, 0.717) is 0 Å². The molecular formula is C19H17N3. The molecule has 22 heavy (non-hydrogen) atoms. The van der Waals surface area contributed by atoms with Gasteiger partial charge >= 0.3 is 0 Å². The fraction of sp³-hybridized carbons (Fsp3) is 0.105. The van der Waals surface area contributed by atoms with Crippen LogP contribution in [0.5, 0.6) is 0 Å². The van der Waals surface area contributed by atoms with E-state index in [-0.39, 0.29) is 6.17 Å². The van der Waals surface area contributed by atoms with E-state index in [2.05, 4.69) is 81.9 Å². The number of anilines is 2. The van der Waals surface area contributed by atoms with E-state index in [9.17, 15) is 0 Å². The molecular weight excluding hydrogens is 270 g/mol. The topological polar surface area (TPSA) is 28.2 Å². The first-order valence-corrected chi connectivity index (χ1v) is 7.48. The zero-order valence-electron chi connectivity index (χ0n) is 12.2. The zero-order valence-corrected chi connectivity index (χ0v) is 12.2. The molecule has 2 heterocycles. The maximum atomic E-state index is 4.24. The van der Waals surface area contributed by atoms with Gasteiger partial charge < -0.3 is 10.2 Å². The number of pyridine rings is 1. The number of hydrogen-bond donors (Lipinski definition) is 1. The SMILES string of the molecule is c1ccc(CN2c3ccncc3N[C@H]2c2ccccc2)cc1. The molecule has 2 aromatic carbocycles. The highest BCUT2D eigenvalue weighted by molar-refractivity contribution is 5.75. The quantitative estimate of drug-likeness (QED) is 0.782. The third-order valence-corrected chi connectivity index (χ3v) is 4.02. The average Bonchev–Trinajstić information content (AvgIpc) is 2.95. The molecule has 0 amide bonds. The van der Waals surface area contributed by atoms with Crippen molar-refractivity contribution in [3.05, 3.63) is 90.3 Å². The maximum absolute atomic E-state index is 4.24. The van der Waals surface area contributed by atoms with Crippen molar-refractivity contribution >= 4 is 11.4 Å². The van der Waals surface area contributed by atoms with Crippen LogP contribution in [0.15, 0.2) is 79.1 Å². The van der Waals surface area contributed by atoms with Gasteiger partial charge in [-0.05, 0) is 17.2 Å². The Hall–Kier alpha value is -2.81. The second kappa shape index (κ2) is 5.53. The van der Waals surface area contributed by atoms with Crippen LogP contribution in [0.2, 0.25) is 0 Å². The Morgan fingerprint density at radius 1 is 0.909 bits per heavy atom. The summed E-state index contributed by atoms with van der Waals surface area (Å²) in [5.74, 6) is 0. The van der Waals surface area contributed by atoms with Gasteiger partial charge in [-0.1, -0.05) is 60.7 Å². The summed E-state index contributed by atoms with van der Waals surface area (Å²) in [7, 11) is 0. The van der Waals surface area contributed by atoms with Gasteiger partial charge in [0.15, 0.2) is 0 Å². The van der Waals surface area contributed by atoms with Gasteiger partial charge in [-0.2, -0.15) is 0 Å². The third-order valence-electron chi connectivity index (χ3n) is 4.02. The van der Waals surface area contributed by atoms with E-state index in [1.807, 2.05) is 12.4 Å². The van der Waals surface area contributed by atoms with E-state index >= 15 is 0 Å². The number of hydrogen-bond acceptors (Lipinski definition) is 3. The Kier molecular flexibility index (Phi) is 3.24. The number of rotatable bonds is 3.